The Bertz CT molecular complexity index is 552. The minimum absolute atomic E-state index is 0.0722. The van der Waals surface area contributed by atoms with Crippen molar-refractivity contribution in [3.63, 3.8) is 0 Å². The molecule has 2 aliphatic rings. The molecule has 5 nitrogen and oxygen atoms in total. The summed E-state index contributed by atoms with van der Waals surface area (Å²) >= 11 is 0. The van der Waals surface area contributed by atoms with Crippen LogP contribution in [0.15, 0.2) is 24.5 Å². The summed E-state index contributed by atoms with van der Waals surface area (Å²) in [4.78, 5) is 28.5. The van der Waals surface area contributed by atoms with Gasteiger partial charge in [-0.15, -0.1) is 0 Å². The second-order valence-corrected chi connectivity index (χ2v) is 6.37. The number of hydrogen-bond acceptors (Lipinski definition) is 4. The fourth-order valence-electron chi connectivity index (χ4n) is 3.67. The van der Waals surface area contributed by atoms with Gasteiger partial charge in [0.15, 0.2) is 0 Å². The molecule has 2 fully saturated rings. The molecule has 22 heavy (non-hydrogen) atoms. The predicted octanol–water partition coefficient (Wildman–Crippen LogP) is 2.52. The number of hydrogen-bond donors (Lipinski definition) is 1. The molecule has 2 heterocycles. The number of pyridine rings is 1. The molecule has 1 aromatic heterocycles. The maximum Gasteiger partial charge on any atom is 0.307 e. The minimum atomic E-state index is -0.558. The third kappa shape index (κ3) is 2.85. The number of carbonyl (C=O) groups excluding carboxylic acids is 2. The highest BCUT2D eigenvalue weighted by atomic mass is 16.6. The maximum absolute atomic E-state index is 12.7. The molecular weight excluding hydrogens is 280 g/mol. The van der Waals surface area contributed by atoms with Crippen molar-refractivity contribution >= 4 is 11.9 Å². The van der Waals surface area contributed by atoms with Crippen molar-refractivity contribution in [1.29, 1.82) is 0 Å². The molecule has 3 rings (SSSR count). The first-order chi connectivity index (χ1) is 10.6. The van der Waals surface area contributed by atoms with Crippen LogP contribution in [0.5, 0.6) is 0 Å². The number of ether oxygens (including phenoxy) is 1. The molecule has 5 heteroatoms. The Labute approximate surface area is 130 Å². The second-order valence-electron chi connectivity index (χ2n) is 6.37. The summed E-state index contributed by atoms with van der Waals surface area (Å²) in [5, 5.41) is 3.03. The molecule has 1 aromatic rings. The lowest BCUT2D eigenvalue weighted by Gasteiger charge is -2.36. The summed E-state index contributed by atoms with van der Waals surface area (Å²) in [5.74, 6) is -0.666. The third-order valence-electron chi connectivity index (χ3n) is 4.90. The second kappa shape index (κ2) is 6.07. The van der Waals surface area contributed by atoms with E-state index in [-0.39, 0.29) is 30.3 Å². The number of aromatic nitrogens is 1. The quantitative estimate of drug-likeness (QED) is 0.871. The summed E-state index contributed by atoms with van der Waals surface area (Å²) in [7, 11) is 0. The van der Waals surface area contributed by atoms with Crippen molar-refractivity contribution < 1.29 is 14.3 Å². The Morgan fingerprint density at radius 1 is 1.32 bits per heavy atom. The van der Waals surface area contributed by atoms with Crippen molar-refractivity contribution in [2.24, 2.45) is 5.92 Å². The van der Waals surface area contributed by atoms with Gasteiger partial charge in [-0.1, -0.05) is 6.42 Å². The summed E-state index contributed by atoms with van der Waals surface area (Å²) in [6, 6.07) is 3.67. The zero-order valence-corrected chi connectivity index (χ0v) is 12.9. The van der Waals surface area contributed by atoms with Gasteiger partial charge in [-0.2, -0.15) is 0 Å². The van der Waals surface area contributed by atoms with Gasteiger partial charge < -0.3 is 10.1 Å². The Morgan fingerprint density at radius 2 is 2.00 bits per heavy atom. The molecule has 1 saturated heterocycles. The van der Waals surface area contributed by atoms with Gasteiger partial charge in [-0.05, 0) is 50.3 Å². The molecule has 1 saturated carbocycles. The Balaban J connectivity index is 1.72. The normalized spacial score (nSPS) is 24.8. The number of rotatable bonds is 3. The van der Waals surface area contributed by atoms with Gasteiger partial charge in [0.05, 0.1) is 18.4 Å². The van der Waals surface area contributed by atoms with Crippen LogP contribution >= 0.6 is 0 Å². The van der Waals surface area contributed by atoms with Crippen LogP contribution in [0.3, 0.4) is 0 Å². The van der Waals surface area contributed by atoms with Crippen molar-refractivity contribution in [1.82, 2.24) is 10.3 Å². The van der Waals surface area contributed by atoms with Crippen molar-refractivity contribution in [2.45, 2.75) is 57.1 Å². The zero-order valence-electron chi connectivity index (χ0n) is 12.9. The van der Waals surface area contributed by atoms with Gasteiger partial charge in [0, 0.05) is 12.4 Å². The lowest BCUT2D eigenvalue weighted by molar-refractivity contribution is -0.153. The van der Waals surface area contributed by atoms with E-state index in [1.54, 1.807) is 12.4 Å². The third-order valence-corrected chi connectivity index (χ3v) is 4.90. The molecule has 1 aliphatic heterocycles. The van der Waals surface area contributed by atoms with Crippen LogP contribution in [0.2, 0.25) is 0 Å². The minimum Gasteiger partial charge on any atom is -0.458 e. The van der Waals surface area contributed by atoms with Crippen LogP contribution in [-0.2, 0) is 14.3 Å². The number of amides is 1. The first kappa shape index (κ1) is 15.0. The molecule has 1 aliphatic carbocycles. The van der Waals surface area contributed by atoms with Crippen LogP contribution in [0.25, 0.3) is 0 Å². The smallest absolute Gasteiger partial charge is 0.307 e. The maximum atomic E-state index is 12.7. The van der Waals surface area contributed by atoms with Gasteiger partial charge in [0.25, 0.3) is 0 Å². The summed E-state index contributed by atoms with van der Waals surface area (Å²) in [6.07, 6.45) is 8.44. The SMILES string of the molecule is C[C@@H](NC(=O)[C@@H]1CC(=O)OC12CCCCC2)c1ccncc1. The lowest BCUT2D eigenvalue weighted by Crippen LogP contribution is -2.46. The largest absolute Gasteiger partial charge is 0.458 e. The summed E-state index contributed by atoms with van der Waals surface area (Å²) in [5.41, 5.74) is 0.448. The van der Waals surface area contributed by atoms with Crippen LogP contribution in [0.1, 0.15) is 57.1 Å². The van der Waals surface area contributed by atoms with E-state index in [0.29, 0.717) is 0 Å². The highest BCUT2D eigenvalue weighted by molar-refractivity contribution is 5.88. The first-order valence-electron chi connectivity index (χ1n) is 8.03. The highest BCUT2D eigenvalue weighted by Gasteiger charge is 2.52. The molecule has 0 aromatic carbocycles. The Hall–Kier alpha value is -1.91. The zero-order chi connectivity index (χ0) is 15.6. The molecule has 118 valence electrons. The van der Waals surface area contributed by atoms with Gasteiger partial charge in [0.2, 0.25) is 5.91 Å². The van der Waals surface area contributed by atoms with E-state index in [9.17, 15) is 9.59 Å². The number of esters is 1. The van der Waals surface area contributed by atoms with Crippen LogP contribution in [-0.4, -0.2) is 22.5 Å². The first-order valence-corrected chi connectivity index (χ1v) is 8.03. The summed E-state index contributed by atoms with van der Waals surface area (Å²) < 4.78 is 5.60. The van der Waals surface area contributed by atoms with Crippen molar-refractivity contribution in [3.05, 3.63) is 30.1 Å². The molecule has 0 bridgehead atoms. The molecular formula is C17H22N2O3. The van der Waals surface area contributed by atoms with Crippen LogP contribution < -0.4 is 5.32 Å². The van der Waals surface area contributed by atoms with Gasteiger partial charge >= 0.3 is 5.97 Å². The Kier molecular flexibility index (Phi) is 4.14. The molecule has 2 atom stereocenters. The average Bonchev–Trinajstić information content (AvgIpc) is 2.84. The molecule has 0 radical (unpaired) electrons. The van der Waals surface area contributed by atoms with E-state index in [4.69, 9.17) is 4.74 Å². The fourth-order valence-corrected chi connectivity index (χ4v) is 3.67. The van der Waals surface area contributed by atoms with Crippen molar-refractivity contribution in [3.8, 4) is 0 Å². The monoisotopic (exact) mass is 302 g/mol. The number of nitrogens with zero attached hydrogens (tertiary/aromatic N) is 1. The molecule has 1 N–H and O–H groups in total. The summed E-state index contributed by atoms with van der Waals surface area (Å²) in [6.45, 7) is 1.94. The standard InChI is InChI=1S/C17H22N2O3/c1-12(13-5-9-18-10-6-13)19-16(21)14-11-15(20)22-17(14)7-3-2-4-8-17/h5-6,9-10,12,14H,2-4,7-8,11H2,1H3,(H,19,21)/t12-,14+/m1/s1. The predicted molar refractivity (Wildman–Crippen MR) is 80.8 cm³/mol. The Morgan fingerprint density at radius 3 is 2.68 bits per heavy atom. The topological polar surface area (TPSA) is 68.3 Å². The molecule has 0 unspecified atom stereocenters. The van der Waals surface area contributed by atoms with E-state index in [2.05, 4.69) is 10.3 Å². The highest BCUT2D eigenvalue weighted by Crippen LogP contribution is 2.44. The lowest BCUT2D eigenvalue weighted by atomic mass is 9.75. The van der Waals surface area contributed by atoms with Gasteiger partial charge in [-0.3, -0.25) is 14.6 Å². The number of carbonyl (C=O) groups is 2. The van der Waals surface area contributed by atoms with E-state index < -0.39 is 5.60 Å². The van der Waals surface area contributed by atoms with Crippen molar-refractivity contribution in [2.75, 3.05) is 0 Å². The number of nitrogens with one attached hydrogen (secondary N) is 1. The van der Waals surface area contributed by atoms with Crippen LogP contribution in [0, 0.1) is 5.92 Å². The fraction of sp³-hybridized carbons (Fsp3) is 0.588. The van der Waals surface area contributed by atoms with E-state index >= 15 is 0 Å². The van der Waals surface area contributed by atoms with Gasteiger partial charge in [-0.25, -0.2) is 0 Å². The van der Waals surface area contributed by atoms with E-state index in [1.165, 1.54) is 0 Å². The van der Waals surface area contributed by atoms with Crippen LogP contribution in [0.4, 0.5) is 0 Å². The average molecular weight is 302 g/mol. The molecule has 1 amide bonds. The van der Waals surface area contributed by atoms with E-state index in [1.807, 2.05) is 19.1 Å². The van der Waals surface area contributed by atoms with Gasteiger partial charge in [0.1, 0.15) is 5.60 Å². The molecule has 1 spiro atoms. The van der Waals surface area contributed by atoms with E-state index in [0.717, 1.165) is 37.7 Å².